The van der Waals surface area contributed by atoms with E-state index in [0.29, 0.717) is 0 Å². The van der Waals surface area contributed by atoms with Crippen molar-refractivity contribution >= 4 is 0 Å². The molecule has 0 radical (unpaired) electrons. The van der Waals surface area contributed by atoms with Gasteiger partial charge in [-0.1, -0.05) is 18.5 Å². The molecule has 0 saturated heterocycles. The van der Waals surface area contributed by atoms with Gasteiger partial charge in [-0.25, -0.2) is 0 Å². The van der Waals surface area contributed by atoms with Crippen molar-refractivity contribution in [3.63, 3.8) is 0 Å². The fraction of sp³-hybridized carbons (Fsp3) is 0.500. The van der Waals surface area contributed by atoms with Crippen LogP contribution in [-0.4, -0.2) is 9.72 Å². The molecule has 0 fully saturated rings. The molecule has 4 nitrogen and oxygen atoms in total. The van der Waals surface area contributed by atoms with Gasteiger partial charge in [-0.2, -0.15) is 0 Å². The first-order valence-corrected chi connectivity index (χ1v) is 6.44. The molecule has 0 spiro atoms. The molecule has 0 aliphatic rings. The van der Waals surface area contributed by atoms with Gasteiger partial charge in [-0.05, 0) is 31.9 Å². The second-order valence-electron chi connectivity index (χ2n) is 4.82. The third-order valence-electron chi connectivity index (χ3n) is 3.32. The summed E-state index contributed by atoms with van der Waals surface area (Å²) in [4.78, 5) is 0. The van der Waals surface area contributed by atoms with Gasteiger partial charge in [0.1, 0.15) is 5.76 Å². The first-order valence-electron chi connectivity index (χ1n) is 6.44. The Morgan fingerprint density at radius 3 is 2.83 bits per heavy atom. The van der Waals surface area contributed by atoms with E-state index >= 15 is 0 Å². The largest absolute Gasteiger partial charge is 0.361 e. The molecule has 0 amide bonds. The van der Waals surface area contributed by atoms with Crippen molar-refractivity contribution < 1.29 is 4.52 Å². The topological polar surface area (TPSA) is 57.0 Å². The molecule has 18 heavy (non-hydrogen) atoms. The van der Waals surface area contributed by atoms with E-state index in [2.05, 4.69) is 35.1 Å². The van der Waals surface area contributed by atoms with E-state index in [1.165, 1.54) is 5.56 Å². The summed E-state index contributed by atoms with van der Waals surface area (Å²) in [6, 6.07) is 2.24. The van der Waals surface area contributed by atoms with Gasteiger partial charge >= 0.3 is 0 Å². The molecule has 0 saturated carbocycles. The maximum Gasteiger partial charge on any atom is 0.138 e. The van der Waals surface area contributed by atoms with Crippen molar-refractivity contribution in [1.82, 2.24) is 9.72 Å². The molecule has 98 valence electrons. The van der Waals surface area contributed by atoms with Crippen LogP contribution < -0.4 is 5.73 Å². The lowest BCUT2D eigenvalue weighted by Crippen LogP contribution is -2.08. The Bertz CT molecular complexity index is 493. The van der Waals surface area contributed by atoms with Gasteiger partial charge in [0.05, 0.1) is 12.2 Å². The molecule has 2 aromatic rings. The third kappa shape index (κ3) is 2.64. The summed E-state index contributed by atoms with van der Waals surface area (Å²) in [6.07, 6.45) is 6.31. The Morgan fingerprint density at radius 1 is 1.44 bits per heavy atom. The smallest absolute Gasteiger partial charge is 0.138 e. The Hall–Kier alpha value is -1.55. The number of nitrogens with zero attached hydrogens (tertiary/aromatic N) is 2. The summed E-state index contributed by atoms with van der Waals surface area (Å²) in [5.41, 5.74) is 9.42. The standard InChI is InChI=1S/C14H21N3O/c1-4-5-14(15)12-6-7-17(8-12)9-13-10(2)16-18-11(13)3/h6-8,14H,4-5,9,15H2,1-3H3. The number of hydrogen-bond donors (Lipinski definition) is 1. The fourth-order valence-corrected chi connectivity index (χ4v) is 2.16. The first-order chi connectivity index (χ1) is 8.61. The highest BCUT2D eigenvalue weighted by Gasteiger charge is 2.11. The van der Waals surface area contributed by atoms with E-state index in [-0.39, 0.29) is 6.04 Å². The van der Waals surface area contributed by atoms with E-state index in [1.54, 1.807) is 0 Å². The zero-order chi connectivity index (χ0) is 13.1. The second kappa shape index (κ2) is 5.40. The molecule has 1 atom stereocenters. The van der Waals surface area contributed by atoms with Gasteiger partial charge in [-0.3, -0.25) is 0 Å². The van der Waals surface area contributed by atoms with E-state index in [1.807, 2.05) is 13.8 Å². The molecule has 2 rings (SSSR count). The second-order valence-corrected chi connectivity index (χ2v) is 4.82. The van der Waals surface area contributed by atoms with Crippen LogP contribution in [0, 0.1) is 13.8 Å². The minimum atomic E-state index is 0.140. The van der Waals surface area contributed by atoms with Crippen molar-refractivity contribution in [1.29, 1.82) is 0 Å². The molecule has 0 aliphatic carbocycles. The van der Waals surface area contributed by atoms with E-state index in [0.717, 1.165) is 36.4 Å². The van der Waals surface area contributed by atoms with Gasteiger partial charge in [0.25, 0.3) is 0 Å². The summed E-state index contributed by atoms with van der Waals surface area (Å²) in [7, 11) is 0. The van der Waals surface area contributed by atoms with Crippen LogP contribution in [-0.2, 0) is 6.54 Å². The maximum atomic E-state index is 6.11. The SMILES string of the molecule is CCCC(N)c1ccn(Cc2c(C)noc2C)c1. The highest BCUT2D eigenvalue weighted by atomic mass is 16.5. The van der Waals surface area contributed by atoms with Crippen LogP contribution in [0.25, 0.3) is 0 Å². The molecule has 0 aromatic carbocycles. The van der Waals surface area contributed by atoms with Crippen LogP contribution in [0.2, 0.25) is 0 Å². The fourth-order valence-electron chi connectivity index (χ4n) is 2.16. The molecule has 2 N–H and O–H groups in total. The van der Waals surface area contributed by atoms with Gasteiger partial charge in [0.2, 0.25) is 0 Å². The normalized spacial score (nSPS) is 12.9. The van der Waals surface area contributed by atoms with E-state index in [4.69, 9.17) is 10.3 Å². The Balaban J connectivity index is 2.11. The summed E-state index contributed by atoms with van der Waals surface area (Å²) in [5, 5.41) is 3.97. The highest BCUT2D eigenvalue weighted by Crippen LogP contribution is 2.18. The van der Waals surface area contributed by atoms with Gasteiger partial charge in [0.15, 0.2) is 0 Å². The van der Waals surface area contributed by atoms with Crippen LogP contribution in [0.15, 0.2) is 23.0 Å². The predicted octanol–water partition coefficient (Wildman–Crippen LogP) is 2.94. The van der Waals surface area contributed by atoms with Crippen molar-refractivity contribution in [2.75, 3.05) is 0 Å². The summed E-state index contributed by atoms with van der Waals surface area (Å²) >= 11 is 0. The van der Waals surface area contributed by atoms with Crippen molar-refractivity contribution in [3.8, 4) is 0 Å². The molecule has 4 heteroatoms. The lowest BCUT2D eigenvalue weighted by atomic mass is 10.1. The van der Waals surface area contributed by atoms with Gasteiger partial charge in [-0.15, -0.1) is 0 Å². The quantitative estimate of drug-likeness (QED) is 0.883. The monoisotopic (exact) mass is 247 g/mol. The Kier molecular flexibility index (Phi) is 3.87. The van der Waals surface area contributed by atoms with Crippen LogP contribution in [0.4, 0.5) is 0 Å². The molecule has 2 aromatic heterocycles. The predicted molar refractivity (Wildman–Crippen MR) is 71.3 cm³/mol. The molecular formula is C14H21N3O. The van der Waals surface area contributed by atoms with Crippen LogP contribution in [0.3, 0.4) is 0 Å². The van der Waals surface area contributed by atoms with E-state index < -0.39 is 0 Å². The number of aromatic nitrogens is 2. The number of nitrogens with two attached hydrogens (primary N) is 1. The number of aryl methyl sites for hydroxylation is 2. The summed E-state index contributed by atoms with van der Waals surface area (Å²) in [5.74, 6) is 0.889. The lowest BCUT2D eigenvalue weighted by Gasteiger charge is -2.07. The number of rotatable bonds is 5. The Morgan fingerprint density at radius 2 is 2.22 bits per heavy atom. The molecule has 0 aliphatic heterocycles. The van der Waals surface area contributed by atoms with Gasteiger partial charge in [0, 0.05) is 24.0 Å². The third-order valence-corrected chi connectivity index (χ3v) is 3.32. The zero-order valence-electron chi connectivity index (χ0n) is 11.3. The number of hydrogen-bond acceptors (Lipinski definition) is 3. The summed E-state index contributed by atoms with van der Waals surface area (Å²) < 4.78 is 7.31. The maximum absolute atomic E-state index is 6.11. The lowest BCUT2D eigenvalue weighted by molar-refractivity contribution is 0.392. The minimum absolute atomic E-state index is 0.140. The molecule has 0 bridgehead atoms. The minimum Gasteiger partial charge on any atom is -0.361 e. The molecule has 1 unspecified atom stereocenters. The average Bonchev–Trinajstić information content (AvgIpc) is 2.92. The van der Waals surface area contributed by atoms with E-state index in [9.17, 15) is 0 Å². The average molecular weight is 247 g/mol. The molecular weight excluding hydrogens is 226 g/mol. The highest BCUT2D eigenvalue weighted by molar-refractivity contribution is 5.23. The van der Waals surface area contributed by atoms with Crippen molar-refractivity contribution in [3.05, 3.63) is 41.0 Å². The van der Waals surface area contributed by atoms with Crippen molar-refractivity contribution in [2.45, 2.75) is 46.2 Å². The summed E-state index contributed by atoms with van der Waals surface area (Å²) in [6.45, 7) is 6.86. The van der Waals surface area contributed by atoms with Crippen LogP contribution in [0.1, 0.15) is 48.4 Å². The van der Waals surface area contributed by atoms with Crippen LogP contribution >= 0.6 is 0 Å². The Labute approximate surface area is 108 Å². The van der Waals surface area contributed by atoms with Crippen LogP contribution in [0.5, 0.6) is 0 Å². The van der Waals surface area contributed by atoms with Gasteiger partial charge < -0.3 is 14.8 Å². The molecule has 2 heterocycles. The first kappa shape index (κ1) is 12.9. The zero-order valence-corrected chi connectivity index (χ0v) is 11.3. The van der Waals surface area contributed by atoms with Crippen molar-refractivity contribution in [2.24, 2.45) is 5.73 Å².